The Morgan fingerprint density at radius 1 is 1.32 bits per heavy atom. The van der Waals surface area contributed by atoms with Crippen molar-refractivity contribution >= 4 is 17.2 Å². The highest BCUT2D eigenvalue weighted by atomic mass is 32.1. The molecule has 0 saturated heterocycles. The molecule has 0 fully saturated rings. The van der Waals surface area contributed by atoms with E-state index >= 15 is 0 Å². The molecule has 5 nitrogen and oxygen atoms in total. The third-order valence-electron chi connectivity index (χ3n) is 2.49. The highest BCUT2D eigenvalue weighted by molar-refractivity contribution is 7.16. The van der Waals surface area contributed by atoms with Crippen LogP contribution < -0.4 is 10.6 Å². The fourth-order valence-corrected chi connectivity index (χ4v) is 2.37. The third kappa shape index (κ3) is 3.84. The van der Waals surface area contributed by atoms with Crippen LogP contribution in [-0.2, 0) is 0 Å². The quantitative estimate of drug-likeness (QED) is 0.786. The lowest BCUT2D eigenvalue weighted by molar-refractivity contribution is 0.0958. The van der Waals surface area contributed by atoms with Crippen LogP contribution in [0.1, 0.15) is 16.6 Å². The Morgan fingerprint density at radius 2 is 2.11 bits per heavy atom. The first-order chi connectivity index (χ1) is 9.31. The van der Waals surface area contributed by atoms with Crippen LogP contribution in [0.25, 0.3) is 10.6 Å². The van der Waals surface area contributed by atoms with Gasteiger partial charge in [-0.05, 0) is 18.7 Å². The van der Waals surface area contributed by atoms with Gasteiger partial charge >= 0.3 is 0 Å². The average molecular weight is 276 g/mol. The normalized spacial score (nSPS) is 10.4. The van der Waals surface area contributed by atoms with Crippen LogP contribution in [0.15, 0.2) is 30.7 Å². The van der Waals surface area contributed by atoms with Crippen LogP contribution in [0.2, 0.25) is 0 Å². The maximum Gasteiger partial charge on any atom is 0.263 e. The van der Waals surface area contributed by atoms with E-state index in [9.17, 15) is 4.79 Å². The van der Waals surface area contributed by atoms with Crippen molar-refractivity contribution in [2.75, 3.05) is 19.6 Å². The molecule has 2 N–H and O–H groups in total. The van der Waals surface area contributed by atoms with Crippen molar-refractivity contribution in [2.45, 2.75) is 6.92 Å². The van der Waals surface area contributed by atoms with Crippen molar-refractivity contribution in [1.82, 2.24) is 20.6 Å². The lowest BCUT2D eigenvalue weighted by atomic mass is 10.3. The predicted molar refractivity (Wildman–Crippen MR) is 76.2 cm³/mol. The van der Waals surface area contributed by atoms with Crippen LogP contribution in [0.3, 0.4) is 0 Å². The van der Waals surface area contributed by atoms with Gasteiger partial charge in [-0.1, -0.05) is 6.92 Å². The first-order valence-electron chi connectivity index (χ1n) is 6.16. The van der Waals surface area contributed by atoms with Gasteiger partial charge in [0.05, 0.1) is 6.20 Å². The third-order valence-corrected chi connectivity index (χ3v) is 3.54. The van der Waals surface area contributed by atoms with Gasteiger partial charge in [-0.3, -0.25) is 9.78 Å². The van der Waals surface area contributed by atoms with Crippen molar-refractivity contribution in [2.24, 2.45) is 0 Å². The van der Waals surface area contributed by atoms with Gasteiger partial charge in [0.2, 0.25) is 0 Å². The molecule has 0 atom stereocenters. The summed E-state index contributed by atoms with van der Waals surface area (Å²) in [4.78, 5) is 20.7. The molecule has 2 heterocycles. The topological polar surface area (TPSA) is 66.9 Å². The summed E-state index contributed by atoms with van der Waals surface area (Å²) in [6.07, 6.45) is 5.04. The molecule has 1 amide bonds. The number of hydrogen-bond acceptors (Lipinski definition) is 5. The minimum absolute atomic E-state index is 0.0734. The summed E-state index contributed by atoms with van der Waals surface area (Å²) in [5.41, 5.74) is 0.978. The second kappa shape index (κ2) is 6.96. The SMILES string of the molecule is CCNCCNC(=O)c1cnc(-c2ccncc2)s1. The van der Waals surface area contributed by atoms with E-state index in [0.717, 1.165) is 23.7 Å². The van der Waals surface area contributed by atoms with E-state index in [1.807, 2.05) is 19.1 Å². The Bertz CT molecular complexity index is 526. The number of amides is 1. The number of carbonyl (C=O) groups is 1. The second-order valence-corrected chi connectivity index (χ2v) is 4.91. The average Bonchev–Trinajstić information content (AvgIpc) is 2.94. The maximum absolute atomic E-state index is 11.9. The number of likely N-dealkylation sites (N-methyl/N-ethyl adjacent to an activating group) is 1. The van der Waals surface area contributed by atoms with E-state index in [4.69, 9.17) is 0 Å². The Hall–Kier alpha value is -1.79. The molecule has 2 aromatic rings. The van der Waals surface area contributed by atoms with Gasteiger partial charge in [-0.15, -0.1) is 11.3 Å². The highest BCUT2D eigenvalue weighted by Crippen LogP contribution is 2.24. The number of rotatable bonds is 6. The molecule has 0 bridgehead atoms. The molecule has 0 aromatic carbocycles. The number of aromatic nitrogens is 2. The first kappa shape index (κ1) is 13.6. The van der Waals surface area contributed by atoms with Crippen LogP contribution in [0.4, 0.5) is 0 Å². The molecular formula is C13H16N4OS. The molecule has 100 valence electrons. The van der Waals surface area contributed by atoms with Crippen molar-refractivity contribution in [3.05, 3.63) is 35.6 Å². The molecule has 0 aliphatic rings. The molecule has 2 rings (SSSR count). The summed E-state index contributed by atoms with van der Waals surface area (Å²) in [7, 11) is 0. The van der Waals surface area contributed by atoms with Crippen LogP contribution >= 0.6 is 11.3 Å². The molecule has 0 unspecified atom stereocenters. The minimum Gasteiger partial charge on any atom is -0.350 e. The first-order valence-corrected chi connectivity index (χ1v) is 6.98. The van der Waals surface area contributed by atoms with Gasteiger partial charge in [0.25, 0.3) is 5.91 Å². The number of carbonyl (C=O) groups excluding carboxylic acids is 1. The van der Waals surface area contributed by atoms with Gasteiger partial charge in [0.15, 0.2) is 0 Å². The van der Waals surface area contributed by atoms with E-state index < -0.39 is 0 Å². The smallest absolute Gasteiger partial charge is 0.263 e. The number of nitrogens with one attached hydrogen (secondary N) is 2. The Balaban J connectivity index is 1.95. The van der Waals surface area contributed by atoms with E-state index in [-0.39, 0.29) is 5.91 Å². The van der Waals surface area contributed by atoms with E-state index in [0.29, 0.717) is 11.4 Å². The number of pyridine rings is 1. The number of hydrogen-bond donors (Lipinski definition) is 2. The molecule has 19 heavy (non-hydrogen) atoms. The second-order valence-electron chi connectivity index (χ2n) is 3.88. The molecule has 0 saturated carbocycles. The molecule has 6 heteroatoms. The predicted octanol–water partition coefficient (Wildman–Crippen LogP) is 1.54. The summed E-state index contributed by atoms with van der Waals surface area (Å²) in [5, 5.41) is 6.84. The van der Waals surface area contributed by atoms with Gasteiger partial charge in [-0.25, -0.2) is 4.98 Å². The Labute approximate surface area is 116 Å². The van der Waals surface area contributed by atoms with Gasteiger partial charge in [0.1, 0.15) is 9.88 Å². The zero-order valence-corrected chi connectivity index (χ0v) is 11.5. The van der Waals surface area contributed by atoms with Crippen LogP contribution in [0.5, 0.6) is 0 Å². The van der Waals surface area contributed by atoms with E-state index in [2.05, 4.69) is 20.6 Å². The van der Waals surface area contributed by atoms with Crippen molar-refractivity contribution in [3.8, 4) is 10.6 Å². The van der Waals surface area contributed by atoms with Crippen LogP contribution in [-0.4, -0.2) is 35.5 Å². The minimum atomic E-state index is -0.0734. The molecule has 0 aliphatic heterocycles. The zero-order valence-electron chi connectivity index (χ0n) is 10.7. The summed E-state index contributed by atoms with van der Waals surface area (Å²) in [6, 6.07) is 3.76. The highest BCUT2D eigenvalue weighted by Gasteiger charge is 2.10. The zero-order chi connectivity index (χ0) is 13.5. The summed E-state index contributed by atoms with van der Waals surface area (Å²) >= 11 is 1.39. The van der Waals surface area contributed by atoms with Crippen molar-refractivity contribution in [1.29, 1.82) is 0 Å². The monoisotopic (exact) mass is 276 g/mol. The summed E-state index contributed by atoms with van der Waals surface area (Å²) < 4.78 is 0. The Morgan fingerprint density at radius 3 is 2.84 bits per heavy atom. The van der Waals surface area contributed by atoms with Gasteiger partial charge in [-0.2, -0.15) is 0 Å². The van der Waals surface area contributed by atoms with Gasteiger partial charge < -0.3 is 10.6 Å². The van der Waals surface area contributed by atoms with E-state index in [1.165, 1.54) is 11.3 Å². The van der Waals surface area contributed by atoms with Crippen LogP contribution in [0, 0.1) is 0 Å². The summed E-state index contributed by atoms with van der Waals surface area (Å²) in [6.45, 7) is 4.34. The van der Waals surface area contributed by atoms with Gasteiger partial charge in [0, 0.05) is 31.0 Å². The lowest BCUT2D eigenvalue weighted by Gasteiger charge is -2.03. The number of thiazole rings is 1. The lowest BCUT2D eigenvalue weighted by Crippen LogP contribution is -2.31. The van der Waals surface area contributed by atoms with Crippen molar-refractivity contribution < 1.29 is 4.79 Å². The molecule has 0 radical (unpaired) electrons. The fourth-order valence-electron chi connectivity index (χ4n) is 1.54. The molecular weight excluding hydrogens is 260 g/mol. The Kier molecular flexibility index (Phi) is 5.00. The fraction of sp³-hybridized carbons (Fsp3) is 0.308. The summed E-state index contributed by atoms with van der Waals surface area (Å²) in [5.74, 6) is -0.0734. The standard InChI is InChI=1S/C13H16N4OS/c1-2-14-7-8-16-12(18)11-9-17-13(19-11)10-3-5-15-6-4-10/h3-6,9,14H,2,7-8H2,1H3,(H,16,18). The van der Waals surface area contributed by atoms with E-state index in [1.54, 1.807) is 18.6 Å². The molecule has 0 aliphatic carbocycles. The number of nitrogens with zero attached hydrogens (tertiary/aromatic N) is 2. The maximum atomic E-state index is 11.9. The van der Waals surface area contributed by atoms with Crippen molar-refractivity contribution in [3.63, 3.8) is 0 Å². The molecule has 0 spiro atoms. The largest absolute Gasteiger partial charge is 0.350 e. The molecule has 2 aromatic heterocycles.